The van der Waals surface area contributed by atoms with Crippen LogP contribution in [0.5, 0.6) is 5.75 Å². The number of nitrogens with one attached hydrogen (secondary N) is 1. The molecule has 8 heteroatoms. The van der Waals surface area contributed by atoms with Crippen LogP contribution in [0, 0.1) is 10.8 Å². The topological polar surface area (TPSA) is 120 Å². The lowest BCUT2D eigenvalue weighted by Crippen LogP contribution is -2.40. The number of carboxylic acid groups (broad SMARTS) is 1. The summed E-state index contributed by atoms with van der Waals surface area (Å²) in [6.45, 7) is 7.08. The van der Waals surface area contributed by atoms with E-state index in [2.05, 4.69) is 18.7 Å². The maximum atomic E-state index is 12.3. The van der Waals surface area contributed by atoms with Gasteiger partial charge >= 0.3 is 5.97 Å². The van der Waals surface area contributed by atoms with Gasteiger partial charge in [0.05, 0.1) is 6.54 Å². The number of guanidine groups is 1. The summed E-state index contributed by atoms with van der Waals surface area (Å²) in [6.07, 6.45) is 4.96. The summed E-state index contributed by atoms with van der Waals surface area (Å²) in [6, 6.07) is 13.2. The van der Waals surface area contributed by atoms with Gasteiger partial charge in [-0.3, -0.25) is 15.0 Å². The lowest BCUT2D eigenvalue weighted by Gasteiger charge is -2.33. The Morgan fingerprint density at radius 3 is 2.53 bits per heavy atom. The molecular weight excluding hydrogens is 480 g/mol. The van der Waals surface area contributed by atoms with Gasteiger partial charge < -0.3 is 25.4 Å². The Bertz CT molecular complexity index is 1280. The van der Waals surface area contributed by atoms with Gasteiger partial charge in [-0.2, -0.15) is 0 Å². The van der Waals surface area contributed by atoms with Gasteiger partial charge in [0.1, 0.15) is 17.8 Å². The molecule has 3 aliphatic rings. The molecule has 5 rings (SSSR count). The first-order valence-corrected chi connectivity index (χ1v) is 13.3. The van der Waals surface area contributed by atoms with Crippen LogP contribution in [0.1, 0.15) is 61.3 Å². The number of ether oxygens (including phenoxy) is 1. The quantitative estimate of drug-likeness (QED) is 0.394. The second-order valence-electron chi connectivity index (χ2n) is 11.5. The van der Waals surface area contributed by atoms with E-state index in [0.29, 0.717) is 36.4 Å². The number of ketones is 1. The summed E-state index contributed by atoms with van der Waals surface area (Å²) in [5.74, 6) is -0.782. The van der Waals surface area contributed by atoms with Crippen molar-refractivity contribution in [3.8, 4) is 5.75 Å². The first-order valence-electron chi connectivity index (χ1n) is 13.3. The third-order valence-electron chi connectivity index (χ3n) is 7.87. The van der Waals surface area contributed by atoms with Crippen molar-refractivity contribution in [3.05, 3.63) is 76.5 Å². The zero-order valence-corrected chi connectivity index (χ0v) is 22.1. The number of carbonyl (C=O) groups is 2. The highest BCUT2D eigenvalue weighted by atomic mass is 16.5. The lowest BCUT2D eigenvalue weighted by atomic mass is 9.78. The Labute approximate surface area is 223 Å². The normalized spacial score (nSPS) is 21.5. The fraction of sp³-hybridized carbons (Fsp3) is 0.433. The monoisotopic (exact) mass is 516 g/mol. The molecule has 2 aromatic carbocycles. The van der Waals surface area contributed by atoms with Crippen LogP contribution in [0.15, 0.2) is 54.2 Å². The predicted molar refractivity (Wildman–Crippen MR) is 145 cm³/mol. The van der Waals surface area contributed by atoms with Crippen molar-refractivity contribution in [1.82, 2.24) is 9.80 Å². The van der Waals surface area contributed by atoms with E-state index < -0.39 is 11.9 Å². The van der Waals surface area contributed by atoms with E-state index >= 15 is 0 Å². The van der Waals surface area contributed by atoms with Crippen LogP contribution in [0.4, 0.5) is 0 Å². The van der Waals surface area contributed by atoms with Crippen LogP contribution in [-0.2, 0) is 22.6 Å². The van der Waals surface area contributed by atoms with Gasteiger partial charge in [-0.1, -0.05) is 44.2 Å². The molecule has 2 heterocycles. The molecule has 0 radical (unpaired) electrons. The molecule has 1 saturated heterocycles. The van der Waals surface area contributed by atoms with Gasteiger partial charge in [-0.05, 0) is 52.6 Å². The molecule has 1 aliphatic carbocycles. The van der Waals surface area contributed by atoms with Gasteiger partial charge in [0.2, 0.25) is 0 Å². The first kappa shape index (κ1) is 25.8. The summed E-state index contributed by atoms with van der Waals surface area (Å²) in [5, 5.41) is 17.8. The minimum atomic E-state index is -0.914. The minimum Gasteiger partial charge on any atom is -0.489 e. The summed E-state index contributed by atoms with van der Waals surface area (Å²) < 4.78 is 6.25. The van der Waals surface area contributed by atoms with Crippen LogP contribution in [0.25, 0.3) is 0 Å². The fourth-order valence-corrected chi connectivity index (χ4v) is 5.97. The summed E-state index contributed by atoms with van der Waals surface area (Å²) in [7, 11) is 0. The van der Waals surface area contributed by atoms with Crippen LogP contribution >= 0.6 is 0 Å². The number of allylic oxidation sites excluding steroid dienone is 2. The summed E-state index contributed by atoms with van der Waals surface area (Å²) in [4.78, 5) is 28.6. The molecule has 2 aromatic rings. The van der Waals surface area contributed by atoms with Gasteiger partial charge in [-0.25, -0.2) is 0 Å². The van der Waals surface area contributed by atoms with Crippen molar-refractivity contribution in [2.75, 3.05) is 19.6 Å². The van der Waals surface area contributed by atoms with Crippen LogP contribution in [-0.4, -0.2) is 58.4 Å². The second-order valence-corrected chi connectivity index (χ2v) is 11.5. The highest BCUT2D eigenvalue weighted by molar-refractivity contribution is 5.91. The van der Waals surface area contributed by atoms with Crippen molar-refractivity contribution >= 4 is 17.7 Å². The average molecular weight is 517 g/mol. The zero-order valence-electron chi connectivity index (χ0n) is 22.1. The molecular formula is C30H36N4O4. The van der Waals surface area contributed by atoms with Gasteiger partial charge in [0.15, 0.2) is 11.7 Å². The maximum Gasteiger partial charge on any atom is 0.315 e. The molecule has 2 atom stereocenters. The van der Waals surface area contributed by atoms with E-state index in [1.807, 2.05) is 42.5 Å². The van der Waals surface area contributed by atoms with E-state index in [0.717, 1.165) is 43.6 Å². The third-order valence-corrected chi connectivity index (χ3v) is 7.87. The maximum absolute atomic E-state index is 12.3. The molecule has 2 aliphatic heterocycles. The van der Waals surface area contributed by atoms with Gasteiger partial charge in [0, 0.05) is 44.2 Å². The molecule has 0 aromatic heterocycles. The number of fused-ring (bicyclic) bond motifs is 1. The Morgan fingerprint density at radius 2 is 1.84 bits per heavy atom. The number of nitrogens with zero attached hydrogens (tertiary/aromatic N) is 2. The number of benzene rings is 2. The largest absolute Gasteiger partial charge is 0.489 e. The lowest BCUT2D eigenvalue weighted by molar-refractivity contribution is -0.137. The van der Waals surface area contributed by atoms with Crippen LogP contribution in [0.2, 0.25) is 0 Å². The zero-order chi connectivity index (χ0) is 27.0. The first-order chi connectivity index (χ1) is 18.1. The Balaban J connectivity index is 1.26. The Hall–Kier alpha value is -3.81. The fourth-order valence-electron chi connectivity index (χ4n) is 5.97. The summed E-state index contributed by atoms with van der Waals surface area (Å²) in [5.41, 5.74) is 10.3. The van der Waals surface area contributed by atoms with Crippen molar-refractivity contribution in [2.45, 2.75) is 58.1 Å². The SMILES string of the molecule is CC1(C)CC(=O)C=C(N2CCC(Oc3ccc(C(C(=O)O)c4ccc5c(c4)CN(C(=N)N)CC5)cc3)C2)C1. The minimum absolute atomic E-state index is 0.0124. The number of likely N-dealkylation sites (tertiary alicyclic amines) is 1. The van der Waals surface area contributed by atoms with Crippen molar-refractivity contribution in [2.24, 2.45) is 11.1 Å². The molecule has 2 unspecified atom stereocenters. The third kappa shape index (κ3) is 5.54. The molecule has 0 bridgehead atoms. The highest BCUT2D eigenvalue weighted by Gasteiger charge is 2.33. The Morgan fingerprint density at radius 1 is 1.11 bits per heavy atom. The highest BCUT2D eigenvalue weighted by Crippen LogP contribution is 2.37. The molecule has 0 amide bonds. The van der Waals surface area contributed by atoms with Crippen molar-refractivity contribution in [1.29, 1.82) is 5.41 Å². The number of carbonyl (C=O) groups excluding carboxylic acids is 1. The molecule has 200 valence electrons. The van der Waals surface area contributed by atoms with E-state index in [1.54, 1.807) is 11.0 Å². The number of aliphatic carboxylic acids is 1. The molecule has 4 N–H and O–H groups in total. The molecule has 0 saturated carbocycles. The van der Waals surface area contributed by atoms with Gasteiger partial charge in [-0.15, -0.1) is 0 Å². The number of rotatable bonds is 6. The van der Waals surface area contributed by atoms with E-state index in [1.165, 1.54) is 5.56 Å². The van der Waals surface area contributed by atoms with Crippen LogP contribution in [0.3, 0.4) is 0 Å². The van der Waals surface area contributed by atoms with E-state index in [9.17, 15) is 14.7 Å². The average Bonchev–Trinajstić information content (AvgIpc) is 3.32. The number of nitrogens with two attached hydrogens (primary N) is 1. The number of hydrogen-bond donors (Lipinski definition) is 3. The predicted octanol–water partition coefficient (Wildman–Crippen LogP) is 3.88. The van der Waals surface area contributed by atoms with Crippen molar-refractivity contribution < 1.29 is 19.4 Å². The Kier molecular flexibility index (Phi) is 6.90. The van der Waals surface area contributed by atoms with E-state index in [-0.39, 0.29) is 23.3 Å². The van der Waals surface area contributed by atoms with Crippen LogP contribution < -0.4 is 10.5 Å². The smallest absolute Gasteiger partial charge is 0.315 e. The second kappa shape index (κ2) is 10.2. The number of hydrogen-bond acceptors (Lipinski definition) is 5. The molecule has 38 heavy (non-hydrogen) atoms. The molecule has 1 fully saturated rings. The van der Waals surface area contributed by atoms with Gasteiger partial charge in [0.25, 0.3) is 0 Å². The molecule has 0 spiro atoms. The summed E-state index contributed by atoms with van der Waals surface area (Å²) >= 11 is 0. The molecule has 8 nitrogen and oxygen atoms in total. The van der Waals surface area contributed by atoms with E-state index in [4.69, 9.17) is 15.9 Å². The number of carboxylic acids is 1. The standard InChI is InChI=1S/C30H36N4O4/c1-30(2)15-23(14-24(35)16-30)33-12-10-26(18-33)38-25-7-5-20(6-8-25)27(28(36)37)21-4-3-19-9-11-34(29(31)32)17-22(19)13-21/h3-8,13-14,26-27H,9-12,15-18H2,1-2H3,(H3,31,32)(H,36,37). The van der Waals surface area contributed by atoms with Crippen molar-refractivity contribution in [3.63, 3.8) is 0 Å².